The highest BCUT2D eigenvalue weighted by molar-refractivity contribution is 7.74. The molecule has 1 N–H and O–H groups in total. The summed E-state index contributed by atoms with van der Waals surface area (Å²) in [6.45, 7) is 5.29. The molecule has 0 fully saturated rings. The molecule has 0 heterocycles. The number of carbonyl (C=O) groups excluding carboxylic acids is 1. The lowest BCUT2D eigenvalue weighted by molar-refractivity contribution is -0.107. The summed E-state index contributed by atoms with van der Waals surface area (Å²) in [6, 6.07) is 0. The summed E-state index contributed by atoms with van der Waals surface area (Å²) in [5.74, 6) is 0. The van der Waals surface area contributed by atoms with Gasteiger partial charge in [0.25, 0.3) is 0 Å². The van der Waals surface area contributed by atoms with Gasteiger partial charge in [-0.25, -0.2) is 0 Å². The first kappa shape index (κ1) is 8.80. The highest BCUT2D eigenvalue weighted by Crippen LogP contribution is 2.30. The molecule has 0 saturated heterocycles. The number of allylic oxidation sites excluding steroid dienone is 1. The molecule has 9 heavy (non-hydrogen) atoms. The highest BCUT2D eigenvalue weighted by atomic mass is 31.1. The summed E-state index contributed by atoms with van der Waals surface area (Å²) in [5.41, 5.74) is 0.0686. The Balaban J connectivity index is 3.58. The zero-order chi connectivity index (χ0) is 7.28. The lowest BCUT2D eigenvalue weighted by Crippen LogP contribution is -1.96. The Morgan fingerprint density at radius 3 is 2.78 bits per heavy atom. The van der Waals surface area contributed by atoms with Gasteiger partial charge >= 0.3 is 0 Å². The molecule has 1 unspecified atom stereocenters. The minimum Gasteiger partial charge on any atom is -0.396 e. The molecule has 0 bridgehead atoms. The van der Waals surface area contributed by atoms with E-state index in [1.165, 1.54) is 6.08 Å². The van der Waals surface area contributed by atoms with Crippen LogP contribution in [0.25, 0.3) is 0 Å². The number of rotatable bonds is 4. The van der Waals surface area contributed by atoms with E-state index in [9.17, 15) is 4.79 Å². The molecule has 0 aliphatic heterocycles. The van der Waals surface area contributed by atoms with E-state index >= 15 is 0 Å². The van der Waals surface area contributed by atoms with Crippen LogP contribution in [0.15, 0.2) is 12.7 Å². The van der Waals surface area contributed by atoms with Crippen LogP contribution in [0.1, 0.15) is 0 Å². The van der Waals surface area contributed by atoms with Crippen molar-refractivity contribution in [2.24, 2.45) is 0 Å². The highest BCUT2D eigenvalue weighted by Gasteiger charge is 2.05. The Kier molecular flexibility index (Phi) is 4.55. The van der Waals surface area contributed by atoms with Gasteiger partial charge in [0.1, 0.15) is 0 Å². The van der Waals surface area contributed by atoms with Gasteiger partial charge in [0.2, 0.25) is 0 Å². The van der Waals surface area contributed by atoms with Crippen LogP contribution in [0.2, 0.25) is 0 Å². The maximum atomic E-state index is 10.7. The van der Waals surface area contributed by atoms with Gasteiger partial charge in [0.05, 0.1) is 0 Å². The Morgan fingerprint density at radius 1 is 1.89 bits per heavy atom. The average molecular weight is 146 g/mol. The number of hydrogen-bond acceptors (Lipinski definition) is 2. The quantitative estimate of drug-likeness (QED) is 0.470. The van der Waals surface area contributed by atoms with Crippen molar-refractivity contribution in [3.8, 4) is 0 Å². The molecule has 0 amide bonds. The number of hydrogen-bond donors (Lipinski definition) is 1. The fraction of sp³-hybridized carbons (Fsp3) is 0.500. The van der Waals surface area contributed by atoms with Gasteiger partial charge in [-0.15, -0.1) is 0 Å². The van der Waals surface area contributed by atoms with Crippen LogP contribution in [0.3, 0.4) is 0 Å². The van der Waals surface area contributed by atoms with E-state index in [2.05, 4.69) is 6.58 Å². The van der Waals surface area contributed by atoms with Crippen LogP contribution < -0.4 is 0 Å². The summed E-state index contributed by atoms with van der Waals surface area (Å²) in [5, 5.41) is 8.41. The summed E-state index contributed by atoms with van der Waals surface area (Å²) >= 11 is 0. The first-order chi connectivity index (χ1) is 4.22. The van der Waals surface area contributed by atoms with Gasteiger partial charge in [0, 0.05) is 6.61 Å². The van der Waals surface area contributed by atoms with Crippen LogP contribution in [0.5, 0.6) is 0 Å². The molecule has 0 aromatic rings. The first-order valence-corrected chi connectivity index (χ1v) is 4.68. The van der Waals surface area contributed by atoms with Gasteiger partial charge < -0.3 is 5.11 Å². The molecular weight excluding hydrogens is 135 g/mol. The third kappa shape index (κ3) is 3.39. The van der Waals surface area contributed by atoms with Crippen LogP contribution in [-0.4, -0.2) is 30.1 Å². The van der Waals surface area contributed by atoms with Crippen molar-refractivity contribution in [2.75, 3.05) is 19.4 Å². The normalized spacial score (nSPS) is 12.7. The van der Waals surface area contributed by atoms with E-state index in [4.69, 9.17) is 5.11 Å². The second-order valence-electron chi connectivity index (χ2n) is 1.69. The van der Waals surface area contributed by atoms with E-state index in [1.807, 2.05) is 6.66 Å². The second-order valence-corrected chi connectivity index (χ2v) is 3.97. The fourth-order valence-corrected chi connectivity index (χ4v) is 1.25. The predicted molar refractivity (Wildman–Crippen MR) is 40.0 cm³/mol. The third-order valence-electron chi connectivity index (χ3n) is 0.986. The van der Waals surface area contributed by atoms with Crippen molar-refractivity contribution < 1.29 is 9.90 Å². The maximum absolute atomic E-state index is 10.7. The van der Waals surface area contributed by atoms with E-state index in [0.717, 1.165) is 0 Å². The van der Waals surface area contributed by atoms with Crippen molar-refractivity contribution in [1.29, 1.82) is 0 Å². The van der Waals surface area contributed by atoms with Gasteiger partial charge in [-0.1, -0.05) is 6.58 Å². The minimum atomic E-state index is -0.649. The van der Waals surface area contributed by atoms with E-state index in [1.54, 1.807) is 0 Å². The smallest absolute Gasteiger partial charge is 0.176 e. The minimum absolute atomic E-state index is 0.0686. The molecule has 52 valence electrons. The molecule has 0 saturated carbocycles. The monoisotopic (exact) mass is 146 g/mol. The van der Waals surface area contributed by atoms with E-state index < -0.39 is 7.92 Å². The Hall–Kier alpha value is -0.200. The predicted octanol–water partition coefficient (Wildman–Crippen LogP) is 0.803. The van der Waals surface area contributed by atoms with Crippen molar-refractivity contribution in [1.82, 2.24) is 0 Å². The summed E-state index contributed by atoms with van der Waals surface area (Å²) in [7, 11) is -0.649. The lowest BCUT2D eigenvalue weighted by Gasteiger charge is -2.03. The van der Waals surface area contributed by atoms with Gasteiger partial charge in [-0.3, -0.25) is 4.79 Å². The summed E-state index contributed by atoms with van der Waals surface area (Å²) < 4.78 is 0. The molecular formula is C6H11O2P. The zero-order valence-electron chi connectivity index (χ0n) is 5.50. The number of carbonyl (C=O) groups is 1. The Bertz CT molecular complexity index is 112. The molecule has 0 aliphatic rings. The lowest BCUT2D eigenvalue weighted by atomic mass is 10.7. The summed E-state index contributed by atoms with van der Waals surface area (Å²) in [6.07, 6.45) is 1.92. The van der Waals surface area contributed by atoms with Crippen LogP contribution >= 0.6 is 7.92 Å². The van der Waals surface area contributed by atoms with Crippen molar-refractivity contribution in [2.45, 2.75) is 0 Å². The molecule has 0 radical (unpaired) electrons. The molecule has 2 nitrogen and oxygen atoms in total. The SMILES string of the molecule is C=CC(=O)P(C)CCO. The number of aliphatic hydroxyl groups is 1. The van der Waals surface area contributed by atoms with Crippen LogP contribution in [-0.2, 0) is 4.79 Å². The third-order valence-corrected chi connectivity index (χ3v) is 2.79. The molecule has 3 heteroatoms. The Morgan fingerprint density at radius 2 is 2.44 bits per heavy atom. The van der Waals surface area contributed by atoms with Gasteiger partial charge in [0.15, 0.2) is 5.52 Å². The van der Waals surface area contributed by atoms with Gasteiger partial charge in [-0.2, -0.15) is 0 Å². The van der Waals surface area contributed by atoms with E-state index in [0.29, 0.717) is 6.16 Å². The number of aliphatic hydroxyl groups excluding tert-OH is 1. The van der Waals surface area contributed by atoms with Crippen LogP contribution in [0.4, 0.5) is 0 Å². The topological polar surface area (TPSA) is 37.3 Å². The fourth-order valence-electron chi connectivity index (χ4n) is 0.416. The molecule has 1 atom stereocenters. The van der Waals surface area contributed by atoms with Crippen molar-refractivity contribution in [3.05, 3.63) is 12.7 Å². The largest absolute Gasteiger partial charge is 0.396 e. The molecule has 0 aromatic heterocycles. The van der Waals surface area contributed by atoms with Crippen molar-refractivity contribution >= 4 is 13.4 Å². The second kappa shape index (κ2) is 4.66. The molecule has 0 spiro atoms. The molecule has 0 aromatic carbocycles. The van der Waals surface area contributed by atoms with E-state index in [-0.39, 0.29) is 12.1 Å². The van der Waals surface area contributed by atoms with Crippen molar-refractivity contribution in [3.63, 3.8) is 0 Å². The first-order valence-electron chi connectivity index (χ1n) is 2.70. The summed E-state index contributed by atoms with van der Waals surface area (Å²) in [4.78, 5) is 10.7. The molecule has 0 aliphatic carbocycles. The zero-order valence-corrected chi connectivity index (χ0v) is 6.40. The standard InChI is InChI=1S/C6H11O2P/c1-3-6(8)9(2)5-4-7/h3,7H,1,4-5H2,2H3. The maximum Gasteiger partial charge on any atom is 0.176 e. The molecule has 0 rings (SSSR count). The Labute approximate surface area is 56.3 Å². The van der Waals surface area contributed by atoms with Gasteiger partial charge in [-0.05, 0) is 26.8 Å². The van der Waals surface area contributed by atoms with Crippen LogP contribution in [0, 0.1) is 0 Å². The average Bonchev–Trinajstić information content (AvgIpc) is 1.87.